The highest BCUT2D eigenvalue weighted by Crippen LogP contribution is 2.24. The number of rotatable bonds is 7. The van der Waals surface area contributed by atoms with Gasteiger partial charge in [0.25, 0.3) is 0 Å². The van der Waals surface area contributed by atoms with Crippen molar-refractivity contribution in [2.24, 2.45) is 0 Å². The summed E-state index contributed by atoms with van der Waals surface area (Å²) in [5, 5.41) is 5.69. The monoisotopic (exact) mass is 326 g/mol. The molecule has 2 nitrogen and oxygen atoms in total. The highest BCUT2D eigenvalue weighted by atomic mass is 35.5. The van der Waals surface area contributed by atoms with Gasteiger partial charge in [-0.1, -0.05) is 61.3 Å². The Kier molecular flexibility index (Phi) is 5.37. The molecule has 3 rings (SSSR count). The van der Waals surface area contributed by atoms with Crippen molar-refractivity contribution < 1.29 is 0 Å². The summed E-state index contributed by atoms with van der Waals surface area (Å²) in [5.74, 6) is 0. The normalized spacial score (nSPS) is 11.2. The average Bonchev–Trinajstić information content (AvgIpc) is 2.92. The summed E-state index contributed by atoms with van der Waals surface area (Å²) in [6.07, 6.45) is 4.70. The van der Waals surface area contributed by atoms with E-state index in [4.69, 9.17) is 11.6 Å². The van der Waals surface area contributed by atoms with E-state index in [1.165, 1.54) is 29.3 Å². The lowest BCUT2D eigenvalue weighted by atomic mass is 10.2. The van der Waals surface area contributed by atoms with E-state index in [9.17, 15) is 0 Å². The molecule has 0 saturated heterocycles. The maximum Gasteiger partial charge on any atom is 0.0491 e. The molecule has 3 aromatic rings. The van der Waals surface area contributed by atoms with Crippen molar-refractivity contribution in [1.82, 2.24) is 9.88 Å². The summed E-state index contributed by atoms with van der Waals surface area (Å²) in [6.45, 7) is 5.00. The highest BCUT2D eigenvalue weighted by Gasteiger charge is 2.09. The summed E-state index contributed by atoms with van der Waals surface area (Å²) in [4.78, 5) is 0. The zero-order valence-corrected chi connectivity index (χ0v) is 14.3. The third kappa shape index (κ3) is 3.77. The predicted molar refractivity (Wildman–Crippen MR) is 99.1 cm³/mol. The van der Waals surface area contributed by atoms with Crippen molar-refractivity contribution in [3.05, 3.63) is 70.9 Å². The van der Waals surface area contributed by atoms with Crippen molar-refractivity contribution in [1.29, 1.82) is 0 Å². The maximum absolute atomic E-state index is 6.32. The number of unbranched alkanes of at least 4 members (excludes halogenated alkanes) is 1. The van der Waals surface area contributed by atoms with Crippen LogP contribution in [-0.4, -0.2) is 11.1 Å². The Labute approximate surface area is 143 Å². The molecule has 23 heavy (non-hydrogen) atoms. The molecule has 1 aromatic heterocycles. The van der Waals surface area contributed by atoms with Crippen LogP contribution in [0.15, 0.2) is 54.7 Å². The van der Waals surface area contributed by atoms with Gasteiger partial charge in [-0.25, -0.2) is 0 Å². The first-order chi connectivity index (χ1) is 11.3. The molecule has 0 aliphatic carbocycles. The number of halogens is 1. The minimum Gasteiger partial charge on any atom is -0.343 e. The van der Waals surface area contributed by atoms with E-state index in [0.29, 0.717) is 0 Å². The van der Waals surface area contributed by atoms with Gasteiger partial charge in [0.15, 0.2) is 0 Å². The lowest BCUT2D eigenvalue weighted by Gasteiger charge is -2.07. The molecule has 0 unspecified atom stereocenters. The van der Waals surface area contributed by atoms with Crippen LogP contribution in [0.1, 0.15) is 30.9 Å². The zero-order chi connectivity index (χ0) is 16.1. The lowest BCUT2D eigenvalue weighted by molar-refractivity contribution is 0.641. The van der Waals surface area contributed by atoms with Crippen molar-refractivity contribution in [2.45, 2.75) is 32.9 Å². The van der Waals surface area contributed by atoms with Gasteiger partial charge >= 0.3 is 0 Å². The van der Waals surface area contributed by atoms with Crippen LogP contribution in [-0.2, 0) is 13.1 Å². The summed E-state index contributed by atoms with van der Waals surface area (Å²) in [7, 11) is 0. The van der Waals surface area contributed by atoms with Crippen LogP contribution < -0.4 is 5.32 Å². The molecule has 0 spiro atoms. The molecule has 0 bridgehead atoms. The van der Waals surface area contributed by atoms with E-state index >= 15 is 0 Å². The molecule has 1 N–H and O–H groups in total. The number of hydrogen-bond donors (Lipinski definition) is 1. The second-order valence-electron chi connectivity index (χ2n) is 5.92. The molecule has 0 aliphatic rings. The molecule has 2 aromatic carbocycles. The van der Waals surface area contributed by atoms with Crippen LogP contribution in [0.3, 0.4) is 0 Å². The number of para-hydroxylation sites is 1. The van der Waals surface area contributed by atoms with Gasteiger partial charge < -0.3 is 9.88 Å². The Morgan fingerprint density at radius 1 is 1.00 bits per heavy atom. The first-order valence-electron chi connectivity index (χ1n) is 8.30. The summed E-state index contributed by atoms with van der Waals surface area (Å²) < 4.78 is 2.30. The van der Waals surface area contributed by atoms with Gasteiger partial charge in [0.1, 0.15) is 0 Å². The van der Waals surface area contributed by atoms with Gasteiger partial charge in [0.05, 0.1) is 0 Å². The zero-order valence-electron chi connectivity index (χ0n) is 13.6. The van der Waals surface area contributed by atoms with Gasteiger partial charge in [-0.2, -0.15) is 0 Å². The molecule has 3 heteroatoms. The van der Waals surface area contributed by atoms with Crippen LogP contribution in [0.25, 0.3) is 10.9 Å². The Hall–Kier alpha value is -1.77. The quantitative estimate of drug-likeness (QED) is 0.588. The Morgan fingerprint density at radius 3 is 2.61 bits per heavy atom. The van der Waals surface area contributed by atoms with Crippen molar-refractivity contribution >= 4 is 22.5 Å². The Balaban J connectivity index is 1.87. The fraction of sp³-hybridized carbons (Fsp3) is 0.300. The second kappa shape index (κ2) is 7.67. The second-order valence-corrected chi connectivity index (χ2v) is 6.33. The minimum atomic E-state index is 0.801. The van der Waals surface area contributed by atoms with E-state index in [2.05, 4.69) is 53.3 Å². The molecule has 0 aliphatic heterocycles. The molecule has 0 amide bonds. The van der Waals surface area contributed by atoms with Crippen LogP contribution >= 0.6 is 11.6 Å². The summed E-state index contributed by atoms with van der Waals surface area (Å²) in [5.41, 5.74) is 3.77. The van der Waals surface area contributed by atoms with Crippen LogP contribution in [0.4, 0.5) is 0 Å². The fourth-order valence-electron chi connectivity index (χ4n) is 2.93. The van der Waals surface area contributed by atoms with Crippen molar-refractivity contribution in [3.63, 3.8) is 0 Å². The van der Waals surface area contributed by atoms with Gasteiger partial charge in [-0.3, -0.25) is 0 Å². The summed E-state index contributed by atoms with van der Waals surface area (Å²) in [6, 6.07) is 16.7. The number of hydrogen-bond acceptors (Lipinski definition) is 1. The minimum absolute atomic E-state index is 0.801. The SMILES string of the molecule is CCCCNCc1cn(Cc2ccccc2Cl)c2ccccc12. The van der Waals surface area contributed by atoms with Crippen molar-refractivity contribution in [2.75, 3.05) is 6.54 Å². The van der Waals surface area contributed by atoms with Crippen LogP contribution in [0, 0.1) is 0 Å². The van der Waals surface area contributed by atoms with Crippen LogP contribution in [0.2, 0.25) is 5.02 Å². The maximum atomic E-state index is 6.32. The number of benzene rings is 2. The molecular weight excluding hydrogens is 304 g/mol. The van der Waals surface area contributed by atoms with Gasteiger partial charge in [-0.15, -0.1) is 0 Å². The summed E-state index contributed by atoms with van der Waals surface area (Å²) >= 11 is 6.32. The predicted octanol–water partition coefficient (Wildman–Crippen LogP) is 5.23. The topological polar surface area (TPSA) is 17.0 Å². The van der Waals surface area contributed by atoms with Crippen molar-refractivity contribution in [3.8, 4) is 0 Å². The van der Waals surface area contributed by atoms with Gasteiger partial charge in [-0.05, 0) is 36.2 Å². The van der Waals surface area contributed by atoms with E-state index in [1.54, 1.807) is 0 Å². The Morgan fingerprint density at radius 2 is 1.78 bits per heavy atom. The molecule has 0 atom stereocenters. The van der Waals surface area contributed by atoms with Gasteiger partial charge in [0, 0.05) is 35.2 Å². The number of fused-ring (bicyclic) bond motifs is 1. The number of aromatic nitrogens is 1. The number of nitrogens with zero attached hydrogens (tertiary/aromatic N) is 1. The third-order valence-electron chi connectivity index (χ3n) is 4.19. The third-order valence-corrected chi connectivity index (χ3v) is 4.56. The number of nitrogens with one attached hydrogen (secondary N) is 1. The molecule has 0 saturated carbocycles. The largest absolute Gasteiger partial charge is 0.343 e. The molecule has 120 valence electrons. The van der Waals surface area contributed by atoms with Gasteiger partial charge in [0.2, 0.25) is 0 Å². The smallest absolute Gasteiger partial charge is 0.0491 e. The van der Waals surface area contributed by atoms with E-state index < -0.39 is 0 Å². The molecular formula is C20H23ClN2. The average molecular weight is 327 g/mol. The standard InChI is InChI=1S/C20H23ClN2/c1-2-3-12-22-13-17-15-23(20-11-7-5-9-18(17)20)14-16-8-4-6-10-19(16)21/h4-11,15,22H,2-3,12-14H2,1H3. The highest BCUT2D eigenvalue weighted by molar-refractivity contribution is 6.31. The lowest BCUT2D eigenvalue weighted by Crippen LogP contribution is -2.14. The van der Waals surface area contributed by atoms with E-state index in [-0.39, 0.29) is 0 Å². The fourth-order valence-corrected chi connectivity index (χ4v) is 3.12. The van der Waals surface area contributed by atoms with E-state index in [1.807, 2.05) is 18.2 Å². The first-order valence-corrected chi connectivity index (χ1v) is 8.68. The van der Waals surface area contributed by atoms with E-state index in [0.717, 1.165) is 30.2 Å². The first kappa shape index (κ1) is 16.1. The molecule has 0 fully saturated rings. The molecule has 1 heterocycles. The van der Waals surface area contributed by atoms with Crippen LogP contribution in [0.5, 0.6) is 0 Å². The molecule has 0 radical (unpaired) electrons. The Bertz CT molecular complexity index is 776.